The van der Waals surface area contributed by atoms with Crippen LogP contribution in [0.1, 0.15) is 21.5 Å². The number of aliphatic hydroxyl groups excluding tert-OH is 1. The van der Waals surface area contributed by atoms with E-state index in [0.717, 1.165) is 9.13 Å². The Morgan fingerprint density at radius 3 is 2.60 bits per heavy atom. The standard InChI is InChI=1S/C11H14INO2/c1-7-5-9(10(12)6-8(7)2)11(15)13-3-4-14/h5-6,14H,3-4H2,1-2H3,(H,13,15). The van der Waals surface area contributed by atoms with Crippen molar-refractivity contribution in [2.75, 3.05) is 13.2 Å². The molecule has 1 aromatic carbocycles. The first-order chi connectivity index (χ1) is 7.06. The number of hydrogen-bond donors (Lipinski definition) is 2. The summed E-state index contributed by atoms with van der Waals surface area (Å²) < 4.78 is 0.936. The van der Waals surface area contributed by atoms with Crippen molar-refractivity contribution in [1.29, 1.82) is 0 Å². The second kappa shape index (κ2) is 5.46. The minimum Gasteiger partial charge on any atom is -0.395 e. The zero-order valence-corrected chi connectivity index (χ0v) is 11.0. The fourth-order valence-corrected chi connectivity index (χ4v) is 2.09. The highest BCUT2D eigenvalue weighted by Crippen LogP contribution is 2.17. The number of aliphatic hydroxyl groups is 1. The molecule has 0 bridgehead atoms. The van der Waals surface area contributed by atoms with Gasteiger partial charge in [-0.3, -0.25) is 4.79 Å². The second-order valence-electron chi connectivity index (χ2n) is 3.40. The molecule has 0 heterocycles. The summed E-state index contributed by atoms with van der Waals surface area (Å²) in [5.74, 6) is -0.128. The van der Waals surface area contributed by atoms with Gasteiger partial charge in [0, 0.05) is 10.1 Å². The largest absolute Gasteiger partial charge is 0.395 e. The topological polar surface area (TPSA) is 49.3 Å². The first-order valence-corrected chi connectivity index (χ1v) is 5.80. The zero-order valence-electron chi connectivity index (χ0n) is 8.80. The fraction of sp³-hybridized carbons (Fsp3) is 0.364. The van der Waals surface area contributed by atoms with Crippen LogP contribution in [0.2, 0.25) is 0 Å². The van der Waals surface area contributed by atoms with Crippen LogP contribution in [0.4, 0.5) is 0 Å². The summed E-state index contributed by atoms with van der Waals surface area (Å²) in [7, 11) is 0. The highest BCUT2D eigenvalue weighted by atomic mass is 127. The number of amides is 1. The molecule has 0 fully saturated rings. The molecule has 0 saturated carbocycles. The van der Waals surface area contributed by atoms with Gasteiger partial charge in [-0.05, 0) is 59.7 Å². The quantitative estimate of drug-likeness (QED) is 0.832. The maximum absolute atomic E-state index is 11.7. The first kappa shape index (κ1) is 12.4. The van der Waals surface area contributed by atoms with Crippen molar-refractivity contribution in [1.82, 2.24) is 5.32 Å². The van der Waals surface area contributed by atoms with Gasteiger partial charge in [-0.1, -0.05) is 0 Å². The van der Waals surface area contributed by atoms with Gasteiger partial charge < -0.3 is 10.4 Å². The molecule has 0 unspecified atom stereocenters. The van der Waals surface area contributed by atoms with Gasteiger partial charge in [0.1, 0.15) is 0 Å². The van der Waals surface area contributed by atoms with E-state index in [0.29, 0.717) is 12.1 Å². The number of carbonyl (C=O) groups is 1. The molecule has 82 valence electrons. The Bertz CT molecular complexity index is 377. The fourth-order valence-electron chi connectivity index (χ4n) is 1.22. The highest BCUT2D eigenvalue weighted by molar-refractivity contribution is 14.1. The van der Waals surface area contributed by atoms with Crippen LogP contribution in [0.3, 0.4) is 0 Å². The molecule has 0 aromatic heterocycles. The van der Waals surface area contributed by atoms with Gasteiger partial charge in [0.2, 0.25) is 0 Å². The summed E-state index contributed by atoms with van der Waals surface area (Å²) in [5, 5.41) is 11.3. The third kappa shape index (κ3) is 3.17. The summed E-state index contributed by atoms with van der Waals surface area (Å²) in [6.07, 6.45) is 0. The number of carbonyl (C=O) groups excluding carboxylic acids is 1. The summed E-state index contributed by atoms with van der Waals surface area (Å²) in [6.45, 7) is 4.26. The Hall–Kier alpha value is -0.620. The number of halogens is 1. The van der Waals surface area contributed by atoms with E-state index in [4.69, 9.17) is 5.11 Å². The lowest BCUT2D eigenvalue weighted by Crippen LogP contribution is -2.27. The van der Waals surface area contributed by atoms with E-state index < -0.39 is 0 Å². The molecular weight excluding hydrogens is 305 g/mol. The van der Waals surface area contributed by atoms with Gasteiger partial charge in [0.15, 0.2) is 0 Å². The van der Waals surface area contributed by atoms with Gasteiger partial charge in [-0.15, -0.1) is 0 Å². The van der Waals surface area contributed by atoms with E-state index in [2.05, 4.69) is 27.9 Å². The SMILES string of the molecule is Cc1cc(I)c(C(=O)NCCO)cc1C. The van der Waals surface area contributed by atoms with Gasteiger partial charge in [0.05, 0.1) is 12.2 Å². The number of hydrogen-bond acceptors (Lipinski definition) is 2. The third-order valence-corrected chi connectivity index (χ3v) is 3.12. The second-order valence-corrected chi connectivity index (χ2v) is 4.56. The predicted octanol–water partition coefficient (Wildman–Crippen LogP) is 1.63. The van der Waals surface area contributed by atoms with Crippen molar-refractivity contribution < 1.29 is 9.90 Å². The van der Waals surface area contributed by atoms with Crippen molar-refractivity contribution in [2.45, 2.75) is 13.8 Å². The number of nitrogens with one attached hydrogen (secondary N) is 1. The predicted molar refractivity (Wildman–Crippen MR) is 68.1 cm³/mol. The van der Waals surface area contributed by atoms with E-state index in [1.807, 2.05) is 26.0 Å². The van der Waals surface area contributed by atoms with Crippen LogP contribution >= 0.6 is 22.6 Å². The maximum Gasteiger partial charge on any atom is 0.252 e. The van der Waals surface area contributed by atoms with Gasteiger partial charge in [-0.2, -0.15) is 0 Å². The lowest BCUT2D eigenvalue weighted by Gasteiger charge is -2.08. The molecule has 0 spiro atoms. The molecule has 0 aliphatic rings. The monoisotopic (exact) mass is 319 g/mol. The normalized spacial score (nSPS) is 10.1. The van der Waals surface area contributed by atoms with E-state index in [1.54, 1.807) is 0 Å². The average Bonchev–Trinajstić information content (AvgIpc) is 2.20. The smallest absolute Gasteiger partial charge is 0.252 e. The molecule has 0 radical (unpaired) electrons. The molecule has 15 heavy (non-hydrogen) atoms. The van der Waals surface area contributed by atoms with E-state index >= 15 is 0 Å². The lowest BCUT2D eigenvalue weighted by atomic mass is 10.1. The van der Waals surface area contributed by atoms with Crippen molar-refractivity contribution in [3.63, 3.8) is 0 Å². The number of aryl methyl sites for hydroxylation is 2. The Labute approximate surface area is 103 Å². The first-order valence-electron chi connectivity index (χ1n) is 4.72. The number of rotatable bonds is 3. The molecule has 0 aliphatic carbocycles. The molecule has 1 amide bonds. The van der Waals surface area contributed by atoms with Crippen LogP contribution in [0.25, 0.3) is 0 Å². The van der Waals surface area contributed by atoms with E-state index in [9.17, 15) is 4.79 Å². The van der Waals surface area contributed by atoms with Crippen LogP contribution in [-0.2, 0) is 0 Å². The lowest BCUT2D eigenvalue weighted by molar-refractivity contribution is 0.0944. The molecule has 3 nitrogen and oxygen atoms in total. The molecule has 1 rings (SSSR count). The van der Waals surface area contributed by atoms with Gasteiger partial charge in [-0.25, -0.2) is 0 Å². The summed E-state index contributed by atoms with van der Waals surface area (Å²) in [4.78, 5) is 11.7. The maximum atomic E-state index is 11.7. The molecule has 1 aromatic rings. The Morgan fingerprint density at radius 2 is 2.00 bits per heavy atom. The zero-order chi connectivity index (χ0) is 11.4. The van der Waals surface area contributed by atoms with Crippen molar-refractivity contribution in [2.24, 2.45) is 0 Å². The van der Waals surface area contributed by atoms with E-state index in [1.165, 1.54) is 5.56 Å². The van der Waals surface area contributed by atoms with E-state index in [-0.39, 0.29) is 12.5 Å². The average molecular weight is 319 g/mol. The van der Waals surface area contributed by atoms with Crippen LogP contribution in [-0.4, -0.2) is 24.2 Å². The van der Waals surface area contributed by atoms with Crippen LogP contribution in [0.5, 0.6) is 0 Å². The minimum atomic E-state index is -0.128. The van der Waals surface area contributed by atoms with Crippen LogP contribution < -0.4 is 5.32 Å². The molecule has 4 heteroatoms. The Morgan fingerprint density at radius 1 is 1.40 bits per heavy atom. The summed E-state index contributed by atoms with van der Waals surface area (Å²) in [5.41, 5.74) is 2.95. The molecule has 2 N–H and O–H groups in total. The van der Waals surface area contributed by atoms with Gasteiger partial charge in [0.25, 0.3) is 5.91 Å². The molecule has 0 saturated heterocycles. The Balaban J connectivity index is 2.94. The number of benzene rings is 1. The molecule has 0 aliphatic heterocycles. The Kier molecular flexibility index (Phi) is 4.53. The summed E-state index contributed by atoms with van der Waals surface area (Å²) in [6, 6.07) is 3.87. The third-order valence-electron chi connectivity index (χ3n) is 2.23. The van der Waals surface area contributed by atoms with Gasteiger partial charge >= 0.3 is 0 Å². The summed E-state index contributed by atoms with van der Waals surface area (Å²) >= 11 is 2.15. The van der Waals surface area contributed by atoms with Crippen LogP contribution in [0.15, 0.2) is 12.1 Å². The molecule has 0 atom stereocenters. The highest BCUT2D eigenvalue weighted by Gasteiger charge is 2.10. The minimum absolute atomic E-state index is 0.0346. The van der Waals surface area contributed by atoms with Crippen molar-refractivity contribution in [3.8, 4) is 0 Å². The van der Waals surface area contributed by atoms with Crippen molar-refractivity contribution in [3.05, 3.63) is 32.4 Å². The van der Waals surface area contributed by atoms with Crippen molar-refractivity contribution >= 4 is 28.5 Å². The van der Waals surface area contributed by atoms with Crippen LogP contribution in [0, 0.1) is 17.4 Å². The molecular formula is C11H14INO2.